The number of aliphatic carboxylic acids is 2. The van der Waals surface area contributed by atoms with Crippen molar-refractivity contribution >= 4 is 11.9 Å². The molecule has 0 bridgehead atoms. The summed E-state index contributed by atoms with van der Waals surface area (Å²) in [6, 6.07) is 0. The highest BCUT2D eigenvalue weighted by atomic mass is 16.4. The van der Waals surface area contributed by atoms with E-state index in [9.17, 15) is 9.59 Å². The molecule has 0 saturated carbocycles. The van der Waals surface area contributed by atoms with Crippen molar-refractivity contribution < 1.29 is 19.8 Å². The molecule has 15 heavy (non-hydrogen) atoms. The van der Waals surface area contributed by atoms with E-state index in [4.69, 9.17) is 10.2 Å². The lowest BCUT2D eigenvalue weighted by Crippen LogP contribution is -2.11. The number of hydrogen-bond acceptors (Lipinski definition) is 2. The summed E-state index contributed by atoms with van der Waals surface area (Å²) in [5, 5.41) is 17.4. The van der Waals surface area contributed by atoms with Crippen molar-refractivity contribution in [1.29, 1.82) is 0 Å². The summed E-state index contributed by atoms with van der Waals surface area (Å²) >= 11 is 0. The summed E-state index contributed by atoms with van der Waals surface area (Å²) in [7, 11) is 0. The minimum atomic E-state index is -1.13. The molecule has 0 aromatic heterocycles. The Kier molecular flexibility index (Phi) is 5.09. The lowest BCUT2D eigenvalue weighted by Gasteiger charge is -2.10. The fourth-order valence-electron chi connectivity index (χ4n) is 1.02. The van der Waals surface area contributed by atoms with E-state index in [1.54, 1.807) is 0 Å². The Morgan fingerprint density at radius 3 is 2.20 bits per heavy atom. The molecular weight excluding hydrogens is 196 g/mol. The van der Waals surface area contributed by atoms with Gasteiger partial charge in [-0.15, -0.1) is 6.58 Å². The predicted molar refractivity (Wildman–Crippen MR) is 56.5 cm³/mol. The second-order valence-corrected chi connectivity index (χ2v) is 3.12. The van der Waals surface area contributed by atoms with Crippen LogP contribution in [0.25, 0.3) is 0 Å². The summed E-state index contributed by atoms with van der Waals surface area (Å²) in [6.07, 6.45) is 3.26. The molecule has 0 aromatic rings. The van der Waals surface area contributed by atoms with Gasteiger partial charge in [0.2, 0.25) is 0 Å². The molecule has 0 aliphatic heterocycles. The molecule has 0 aliphatic rings. The van der Waals surface area contributed by atoms with Crippen LogP contribution < -0.4 is 0 Å². The minimum absolute atomic E-state index is 0.0319. The molecular formula is C11H14O4. The zero-order valence-corrected chi connectivity index (χ0v) is 8.56. The average molecular weight is 210 g/mol. The van der Waals surface area contributed by atoms with Gasteiger partial charge in [-0.25, -0.2) is 9.59 Å². The Morgan fingerprint density at radius 2 is 1.87 bits per heavy atom. The molecule has 2 N–H and O–H groups in total. The monoisotopic (exact) mass is 210 g/mol. The van der Waals surface area contributed by atoms with Gasteiger partial charge in [0, 0.05) is 17.1 Å². The van der Waals surface area contributed by atoms with Gasteiger partial charge >= 0.3 is 11.9 Å². The van der Waals surface area contributed by atoms with Crippen molar-refractivity contribution in [2.45, 2.75) is 13.3 Å². The average Bonchev–Trinajstić information content (AvgIpc) is 2.15. The molecule has 0 rings (SSSR count). The maximum atomic E-state index is 10.7. The maximum Gasteiger partial charge on any atom is 0.331 e. The lowest BCUT2D eigenvalue weighted by atomic mass is 9.94. The van der Waals surface area contributed by atoms with Gasteiger partial charge in [0.1, 0.15) is 0 Å². The van der Waals surface area contributed by atoms with E-state index >= 15 is 0 Å². The summed E-state index contributed by atoms with van der Waals surface area (Å²) in [5.41, 5.74) is 0.0692. The predicted octanol–water partition coefficient (Wildman–Crippen LogP) is 1.85. The van der Waals surface area contributed by atoms with Crippen LogP contribution in [0.1, 0.15) is 13.3 Å². The number of allylic oxidation sites excluding steroid dienone is 2. The fraction of sp³-hybridized carbons (Fsp3) is 0.273. The maximum absolute atomic E-state index is 10.7. The van der Waals surface area contributed by atoms with Crippen molar-refractivity contribution in [3.63, 3.8) is 0 Å². The van der Waals surface area contributed by atoms with Crippen molar-refractivity contribution in [2.24, 2.45) is 5.92 Å². The largest absolute Gasteiger partial charge is 0.478 e. The standard InChI is InChI=1S/C11H14O4/c1-4-5-9(8(3)11(14)15)6-7(2)10(12)13/h4,6,9H,1,3,5H2,2H3,(H,12,13)(H,14,15). The van der Waals surface area contributed by atoms with E-state index in [0.29, 0.717) is 6.42 Å². The highest BCUT2D eigenvalue weighted by Crippen LogP contribution is 2.18. The van der Waals surface area contributed by atoms with Gasteiger partial charge in [0.15, 0.2) is 0 Å². The van der Waals surface area contributed by atoms with Gasteiger partial charge < -0.3 is 10.2 Å². The second-order valence-electron chi connectivity index (χ2n) is 3.12. The Bertz CT molecular complexity index is 325. The molecule has 82 valence electrons. The van der Waals surface area contributed by atoms with Gasteiger partial charge in [0.05, 0.1) is 0 Å². The number of rotatable bonds is 6. The van der Waals surface area contributed by atoms with E-state index in [0.717, 1.165) is 0 Å². The van der Waals surface area contributed by atoms with Gasteiger partial charge in [-0.1, -0.05) is 18.7 Å². The van der Waals surface area contributed by atoms with Gasteiger partial charge in [0.25, 0.3) is 0 Å². The van der Waals surface area contributed by atoms with Gasteiger partial charge in [-0.05, 0) is 13.3 Å². The topological polar surface area (TPSA) is 74.6 Å². The molecule has 4 nitrogen and oxygen atoms in total. The molecule has 4 heteroatoms. The molecule has 0 aliphatic carbocycles. The Morgan fingerprint density at radius 1 is 1.33 bits per heavy atom. The van der Waals surface area contributed by atoms with Crippen LogP contribution in [0.4, 0.5) is 0 Å². The zero-order valence-electron chi connectivity index (χ0n) is 8.56. The molecule has 0 fully saturated rings. The van der Waals surface area contributed by atoms with Crippen molar-refractivity contribution in [3.8, 4) is 0 Å². The third-order valence-corrected chi connectivity index (χ3v) is 1.93. The lowest BCUT2D eigenvalue weighted by molar-refractivity contribution is -0.134. The number of hydrogen-bond donors (Lipinski definition) is 2. The summed E-state index contributed by atoms with van der Waals surface area (Å²) in [4.78, 5) is 21.2. The molecule has 0 saturated heterocycles. The van der Waals surface area contributed by atoms with Crippen LogP contribution >= 0.6 is 0 Å². The first-order valence-corrected chi connectivity index (χ1v) is 4.34. The molecule has 0 heterocycles. The third kappa shape index (κ3) is 4.26. The van der Waals surface area contributed by atoms with Crippen molar-refractivity contribution in [3.05, 3.63) is 36.5 Å². The fourth-order valence-corrected chi connectivity index (χ4v) is 1.02. The smallest absolute Gasteiger partial charge is 0.331 e. The van der Waals surface area contributed by atoms with E-state index < -0.39 is 17.9 Å². The normalized spacial score (nSPS) is 13.0. The number of carbonyl (C=O) groups is 2. The Hall–Kier alpha value is -1.84. The van der Waals surface area contributed by atoms with Crippen LogP contribution in [0.3, 0.4) is 0 Å². The number of carboxylic acids is 2. The first kappa shape index (κ1) is 13.2. The summed E-state index contributed by atoms with van der Waals surface area (Å²) in [5.74, 6) is -2.71. The van der Waals surface area contributed by atoms with E-state index in [1.165, 1.54) is 19.1 Å². The van der Waals surface area contributed by atoms with Crippen LogP contribution in [-0.4, -0.2) is 22.2 Å². The van der Waals surface area contributed by atoms with Crippen LogP contribution in [-0.2, 0) is 9.59 Å². The molecule has 0 spiro atoms. The van der Waals surface area contributed by atoms with E-state index in [-0.39, 0.29) is 11.1 Å². The molecule has 0 aromatic carbocycles. The third-order valence-electron chi connectivity index (χ3n) is 1.93. The highest BCUT2D eigenvalue weighted by molar-refractivity contribution is 5.89. The summed E-state index contributed by atoms with van der Waals surface area (Å²) < 4.78 is 0. The van der Waals surface area contributed by atoms with Crippen molar-refractivity contribution in [1.82, 2.24) is 0 Å². The van der Waals surface area contributed by atoms with Crippen LogP contribution in [0.5, 0.6) is 0 Å². The van der Waals surface area contributed by atoms with Crippen LogP contribution in [0, 0.1) is 5.92 Å². The van der Waals surface area contributed by atoms with Gasteiger partial charge in [-0.2, -0.15) is 0 Å². The van der Waals surface area contributed by atoms with E-state index in [1.807, 2.05) is 0 Å². The zero-order chi connectivity index (χ0) is 12.0. The Balaban J connectivity index is 4.90. The number of carboxylic acid groups (broad SMARTS) is 2. The first-order valence-electron chi connectivity index (χ1n) is 4.34. The quantitative estimate of drug-likeness (QED) is 0.518. The molecule has 0 radical (unpaired) electrons. The molecule has 1 atom stereocenters. The van der Waals surface area contributed by atoms with Crippen LogP contribution in [0.2, 0.25) is 0 Å². The Labute approximate surface area is 88.2 Å². The molecule has 1 unspecified atom stereocenters. The first-order chi connectivity index (χ1) is 6.90. The minimum Gasteiger partial charge on any atom is -0.478 e. The molecule has 0 amide bonds. The SMILES string of the molecule is C=CCC(C=C(C)C(=O)O)C(=C)C(=O)O. The van der Waals surface area contributed by atoms with Crippen molar-refractivity contribution in [2.75, 3.05) is 0 Å². The van der Waals surface area contributed by atoms with E-state index in [2.05, 4.69) is 13.2 Å². The summed E-state index contributed by atoms with van der Waals surface area (Å²) in [6.45, 7) is 8.29. The van der Waals surface area contributed by atoms with Crippen LogP contribution in [0.15, 0.2) is 36.5 Å². The second kappa shape index (κ2) is 5.80. The highest BCUT2D eigenvalue weighted by Gasteiger charge is 2.16. The van der Waals surface area contributed by atoms with Gasteiger partial charge in [-0.3, -0.25) is 0 Å².